The zero-order valence-corrected chi connectivity index (χ0v) is 16.8. The molecule has 0 saturated heterocycles. The van der Waals surface area contributed by atoms with Gasteiger partial charge in [0.1, 0.15) is 12.7 Å². The largest absolute Gasteiger partial charge is 0.462 e. The number of carbonyl (C=O) groups is 2. The Hall–Kier alpha value is -1.58. The van der Waals surface area contributed by atoms with Crippen LogP contribution in [0.4, 0.5) is 0 Å². The topological polar surface area (TPSA) is 52.6 Å². The average molecular weight is 360 g/mol. The number of hydrogen-bond acceptors (Lipinski definition) is 4. The van der Waals surface area contributed by atoms with Crippen molar-refractivity contribution in [3.63, 3.8) is 0 Å². The van der Waals surface area contributed by atoms with Crippen LogP contribution in [0, 0.1) is 16.7 Å². The summed E-state index contributed by atoms with van der Waals surface area (Å²) in [5, 5.41) is 0. The molecule has 1 aliphatic heterocycles. The van der Waals surface area contributed by atoms with Gasteiger partial charge in [-0.3, -0.25) is 4.79 Å². The summed E-state index contributed by atoms with van der Waals surface area (Å²) in [6, 6.07) is 0. The van der Waals surface area contributed by atoms with Gasteiger partial charge in [-0.25, -0.2) is 4.79 Å². The lowest BCUT2D eigenvalue weighted by atomic mass is 9.49. The maximum atomic E-state index is 11.7. The van der Waals surface area contributed by atoms with E-state index in [1.165, 1.54) is 30.9 Å². The minimum absolute atomic E-state index is 0.0350. The van der Waals surface area contributed by atoms with Crippen LogP contribution in [0.15, 0.2) is 22.8 Å². The van der Waals surface area contributed by atoms with Crippen molar-refractivity contribution in [3.8, 4) is 0 Å². The molecule has 4 nitrogen and oxygen atoms in total. The first kappa shape index (κ1) is 19.2. The fraction of sp³-hybridized carbons (Fsp3) is 0.727. The van der Waals surface area contributed by atoms with E-state index in [0.29, 0.717) is 12.5 Å². The van der Waals surface area contributed by atoms with E-state index < -0.39 is 0 Å². The summed E-state index contributed by atoms with van der Waals surface area (Å²) in [5.41, 5.74) is 4.16. The van der Waals surface area contributed by atoms with Gasteiger partial charge in [0.15, 0.2) is 0 Å². The first-order chi connectivity index (χ1) is 12.1. The highest BCUT2D eigenvalue weighted by molar-refractivity contribution is 5.85. The van der Waals surface area contributed by atoms with E-state index in [1.807, 2.05) is 0 Å². The summed E-state index contributed by atoms with van der Waals surface area (Å²) < 4.78 is 10.9. The monoisotopic (exact) mass is 360 g/mol. The molecule has 0 amide bonds. The van der Waals surface area contributed by atoms with Gasteiger partial charge >= 0.3 is 11.9 Å². The van der Waals surface area contributed by atoms with Crippen molar-refractivity contribution in [2.45, 2.75) is 79.2 Å². The summed E-state index contributed by atoms with van der Waals surface area (Å²) >= 11 is 0. The molecule has 3 rings (SSSR count). The Morgan fingerprint density at radius 1 is 1.27 bits per heavy atom. The molecule has 4 heteroatoms. The number of cyclic esters (lactones) is 1. The number of esters is 2. The van der Waals surface area contributed by atoms with Gasteiger partial charge in [-0.2, -0.15) is 0 Å². The standard InChI is InChI=1S/C22H32O4/c1-14-11-18(26-15(2)23)20-21(3,4)9-6-10-22(20,5)17(14)8-7-16-12-19(24)25-13-16/h12,18,20H,6-11,13H2,1-5H3/t18-,20+,22-/m1/s1. The molecule has 0 aromatic heterocycles. The number of hydrogen-bond donors (Lipinski definition) is 0. The van der Waals surface area contributed by atoms with Crippen LogP contribution >= 0.6 is 0 Å². The van der Waals surface area contributed by atoms with Crippen molar-refractivity contribution in [2.24, 2.45) is 16.7 Å². The highest BCUT2D eigenvalue weighted by atomic mass is 16.5. The van der Waals surface area contributed by atoms with Gasteiger partial charge in [0.05, 0.1) is 0 Å². The molecule has 144 valence electrons. The van der Waals surface area contributed by atoms with Crippen LogP contribution in [-0.4, -0.2) is 24.6 Å². The Labute approximate surface area is 157 Å². The number of allylic oxidation sites excluding steroid dienone is 1. The molecule has 3 aliphatic rings. The molecule has 0 aromatic rings. The van der Waals surface area contributed by atoms with Crippen molar-refractivity contribution < 1.29 is 19.1 Å². The van der Waals surface area contributed by atoms with Crippen molar-refractivity contribution >= 4 is 11.9 Å². The van der Waals surface area contributed by atoms with Gasteiger partial charge in [0.25, 0.3) is 0 Å². The fourth-order valence-corrected chi connectivity index (χ4v) is 6.03. The summed E-state index contributed by atoms with van der Waals surface area (Å²) in [4.78, 5) is 23.1. The third kappa shape index (κ3) is 3.47. The molecular weight excluding hydrogens is 328 g/mol. The van der Waals surface area contributed by atoms with Crippen molar-refractivity contribution in [1.82, 2.24) is 0 Å². The van der Waals surface area contributed by atoms with Crippen molar-refractivity contribution in [2.75, 3.05) is 6.61 Å². The van der Waals surface area contributed by atoms with Gasteiger partial charge in [-0.1, -0.05) is 38.3 Å². The quantitative estimate of drug-likeness (QED) is 0.537. The van der Waals surface area contributed by atoms with Gasteiger partial charge in [-0.05, 0) is 49.0 Å². The minimum Gasteiger partial charge on any atom is -0.462 e. The maximum Gasteiger partial charge on any atom is 0.331 e. The molecule has 0 spiro atoms. The van der Waals surface area contributed by atoms with Crippen LogP contribution in [0.3, 0.4) is 0 Å². The first-order valence-electron chi connectivity index (χ1n) is 9.86. The van der Waals surface area contributed by atoms with E-state index in [2.05, 4.69) is 27.7 Å². The van der Waals surface area contributed by atoms with E-state index >= 15 is 0 Å². The molecule has 3 atom stereocenters. The lowest BCUT2D eigenvalue weighted by Crippen LogP contribution is -2.53. The number of ether oxygens (including phenoxy) is 2. The maximum absolute atomic E-state index is 11.7. The van der Waals surface area contributed by atoms with Crippen LogP contribution in [0.5, 0.6) is 0 Å². The number of carbonyl (C=O) groups excluding carboxylic acids is 2. The van der Waals surface area contributed by atoms with Crippen LogP contribution < -0.4 is 0 Å². The van der Waals surface area contributed by atoms with Gasteiger partial charge < -0.3 is 9.47 Å². The normalized spacial score (nSPS) is 33.4. The van der Waals surface area contributed by atoms with E-state index in [9.17, 15) is 9.59 Å². The van der Waals surface area contributed by atoms with Crippen LogP contribution in [0.25, 0.3) is 0 Å². The molecule has 2 aliphatic carbocycles. The lowest BCUT2D eigenvalue weighted by molar-refractivity contribution is -0.160. The molecule has 0 radical (unpaired) electrons. The van der Waals surface area contributed by atoms with E-state index in [-0.39, 0.29) is 28.9 Å². The summed E-state index contributed by atoms with van der Waals surface area (Å²) in [5.74, 6) is -0.0595. The molecule has 0 N–H and O–H groups in total. The third-order valence-electron chi connectivity index (χ3n) is 6.86. The SMILES string of the molecule is CC(=O)O[C@@H]1CC(C)=C(CCC2=CC(=O)OC2)[C@@]2(C)CCCC(C)(C)[C@H]12. The second-order valence-corrected chi connectivity index (χ2v) is 9.26. The van der Waals surface area contributed by atoms with E-state index in [0.717, 1.165) is 31.3 Å². The molecule has 26 heavy (non-hydrogen) atoms. The summed E-state index contributed by atoms with van der Waals surface area (Å²) in [6.45, 7) is 11.2. The van der Waals surface area contributed by atoms with E-state index in [1.54, 1.807) is 6.08 Å². The Morgan fingerprint density at radius 3 is 2.62 bits per heavy atom. The summed E-state index contributed by atoms with van der Waals surface area (Å²) in [6.07, 6.45) is 7.78. The predicted molar refractivity (Wildman–Crippen MR) is 100 cm³/mol. The molecule has 0 unspecified atom stereocenters. The van der Waals surface area contributed by atoms with Crippen LogP contribution in [-0.2, 0) is 19.1 Å². The van der Waals surface area contributed by atoms with Crippen LogP contribution in [0.2, 0.25) is 0 Å². The smallest absolute Gasteiger partial charge is 0.331 e. The summed E-state index contributed by atoms with van der Waals surface area (Å²) in [7, 11) is 0. The number of rotatable bonds is 4. The first-order valence-corrected chi connectivity index (χ1v) is 9.86. The predicted octanol–water partition coefficient (Wildman–Crippen LogP) is 4.73. The molecule has 1 heterocycles. The Balaban J connectivity index is 1.91. The third-order valence-corrected chi connectivity index (χ3v) is 6.86. The zero-order valence-electron chi connectivity index (χ0n) is 16.8. The van der Waals surface area contributed by atoms with Crippen molar-refractivity contribution in [3.05, 3.63) is 22.8 Å². The molecule has 0 aromatic carbocycles. The molecule has 1 saturated carbocycles. The second kappa shape index (κ2) is 6.86. The minimum atomic E-state index is -0.216. The Morgan fingerprint density at radius 2 is 2.00 bits per heavy atom. The molecule has 1 fully saturated rings. The second-order valence-electron chi connectivity index (χ2n) is 9.26. The highest BCUT2D eigenvalue weighted by Crippen LogP contribution is 2.61. The van der Waals surface area contributed by atoms with E-state index in [4.69, 9.17) is 9.47 Å². The highest BCUT2D eigenvalue weighted by Gasteiger charge is 2.55. The molecular formula is C22H32O4. The van der Waals surface area contributed by atoms with Crippen molar-refractivity contribution in [1.29, 1.82) is 0 Å². The fourth-order valence-electron chi connectivity index (χ4n) is 6.03. The van der Waals surface area contributed by atoms with Gasteiger partial charge in [0.2, 0.25) is 0 Å². The lowest BCUT2D eigenvalue weighted by Gasteiger charge is -2.57. The zero-order chi connectivity index (χ0) is 19.1. The average Bonchev–Trinajstić information content (AvgIpc) is 2.90. The molecule has 0 bridgehead atoms. The van der Waals surface area contributed by atoms with Gasteiger partial charge in [0, 0.05) is 25.3 Å². The number of fused-ring (bicyclic) bond motifs is 1. The van der Waals surface area contributed by atoms with Gasteiger partial charge in [-0.15, -0.1) is 0 Å². The van der Waals surface area contributed by atoms with Crippen LogP contribution in [0.1, 0.15) is 73.1 Å². The Kier molecular flexibility index (Phi) is 5.06. The Bertz CT molecular complexity index is 670.